The largest absolute Gasteiger partial charge is 0.298 e. The fraction of sp³-hybridized carbons (Fsp3) is 0.583. The maximum atomic E-state index is 10.9. The van der Waals surface area contributed by atoms with E-state index in [4.69, 9.17) is 0 Å². The van der Waals surface area contributed by atoms with E-state index in [-0.39, 0.29) is 5.41 Å². The molecule has 13 heavy (non-hydrogen) atoms. The lowest BCUT2D eigenvalue weighted by Crippen LogP contribution is -2.17. The van der Waals surface area contributed by atoms with E-state index in [0.717, 1.165) is 11.9 Å². The minimum atomic E-state index is 0.0253. The molecule has 0 atom stereocenters. The molecule has 0 radical (unpaired) electrons. The highest BCUT2D eigenvalue weighted by atomic mass is 16.1. The van der Waals surface area contributed by atoms with Crippen LogP contribution < -0.4 is 0 Å². The molecular formula is C12H16O. The predicted molar refractivity (Wildman–Crippen MR) is 53.4 cm³/mol. The van der Waals surface area contributed by atoms with Crippen molar-refractivity contribution in [2.24, 2.45) is 5.41 Å². The van der Waals surface area contributed by atoms with Crippen LogP contribution in [0.2, 0.25) is 0 Å². The second-order valence-electron chi connectivity index (χ2n) is 4.55. The Morgan fingerprint density at radius 1 is 1.31 bits per heavy atom. The molecule has 2 rings (SSSR count). The molecule has 0 N–H and O–H groups in total. The van der Waals surface area contributed by atoms with Gasteiger partial charge in [-0.05, 0) is 31.3 Å². The molecule has 0 aromatic rings. The summed E-state index contributed by atoms with van der Waals surface area (Å²) in [5.41, 5.74) is 3.95. The number of carbonyl (C=O) groups is 1. The Kier molecular flexibility index (Phi) is 1.90. The van der Waals surface area contributed by atoms with Gasteiger partial charge in [0, 0.05) is 11.0 Å². The highest BCUT2D eigenvalue weighted by molar-refractivity contribution is 5.80. The molecule has 0 unspecified atom stereocenters. The van der Waals surface area contributed by atoms with Crippen LogP contribution in [0.1, 0.15) is 39.5 Å². The monoisotopic (exact) mass is 176 g/mol. The summed E-state index contributed by atoms with van der Waals surface area (Å²) in [7, 11) is 0. The third-order valence-corrected chi connectivity index (χ3v) is 3.44. The minimum absolute atomic E-state index is 0.0253. The zero-order valence-electron chi connectivity index (χ0n) is 8.39. The van der Waals surface area contributed by atoms with Gasteiger partial charge >= 0.3 is 0 Å². The van der Waals surface area contributed by atoms with Gasteiger partial charge in [0.1, 0.15) is 6.29 Å². The highest BCUT2D eigenvalue weighted by Gasteiger charge is 2.35. The van der Waals surface area contributed by atoms with Gasteiger partial charge in [-0.25, -0.2) is 0 Å². The average Bonchev–Trinajstić information content (AvgIpc) is 2.39. The van der Waals surface area contributed by atoms with Crippen molar-refractivity contribution in [3.8, 4) is 0 Å². The first kappa shape index (κ1) is 8.74. The Labute approximate surface area is 79.5 Å². The lowest BCUT2D eigenvalue weighted by atomic mass is 9.77. The normalized spacial score (nSPS) is 25.5. The molecule has 70 valence electrons. The zero-order valence-corrected chi connectivity index (χ0v) is 8.39. The summed E-state index contributed by atoms with van der Waals surface area (Å²) in [6, 6.07) is 0. The molecular weight excluding hydrogens is 160 g/mol. The predicted octanol–water partition coefficient (Wildman–Crippen LogP) is 3.02. The van der Waals surface area contributed by atoms with Crippen LogP contribution in [0.3, 0.4) is 0 Å². The van der Waals surface area contributed by atoms with Gasteiger partial charge in [-0.15, -0.1) is 0 Å². The number of hydrogen-bond acceptors (Lipinski definition) is 1. The Morgan fingerprint density at radius 3 is 2.62 bits per heavy atom. The first-order valence-electron chi connectivity index (χ1n) is 5.06. The second kappa shape index (κ2) is 2.83. The molecule has 2 aliphatic rings. The van der Waals surface area contributed by atoms with E-state index in [1.165, 1.54) is 36.8 Å². The van der Waals surface area contributed by atoms with Crippen LogP contribution in [0.5, 0.6) is 0 Å². The van der Waals surface area contributed by atoms with Gasteiger partial charge < -0.3 is 0 Å². The minimum Gasteiger partial charge on any atom is -0.298 e. The van der Waals surface area contributed by atoms with E-state index < -0.39 is 0 Å². The van der Waals surface area contributed by atoms with Gasteiger partial charge in [0.2, 0.25) is 0 Å². The molecule has 0 saturated carbocycles. The van der Waals surface area contributed by atoms with Gasteiger partial charge in [0.25, 0.3) is 0 Å². The third-order valence-electron chi connectivity index (χ3n) is 3.44. The lowest BCUT2D eigenvalue weighted by molar-refractivity contribution is -0.105. The second-order valence-corrected chi connectivity index (χ2v) is 4.55. The van der Waals surface area contributed by atoms with Crippen molar-refractivity contribution in [1.82, 2.24) is 0 Å². The number of carbonyl (C=O) groups excluding carboxylic acids is 1. The van der Waals surface area contributed by atoms with Gasteiger partial charge in [0.05, 0.1) is 0 Å². The van der Waals surface area contributed by atoms with Crippen molar-refractivity contribution >= 4 is 6.29 Å². The van der Waals surface area contributed by atoms with Crippen molar-refractivity contribution in [2.45, 2.75) is 39.5 Å². The van der Waals surface area contributed by atoms with Crippen LogP contribution in [0, 0.1) is 5.41 Å². The van der Waals surface area contributed by atoms with Crippen molar-refractivity contribution in [3.63, 3.8) is 0 Å². The van der Waals surface area contributed by atoms with Crippen LogP contribution in [0.15, 0.2) is 22.8 Å². The molecule has 1 nitrogen and oxygen atoms in total. The summed E-state index contributed by atoms with van der Waals surface area (Å²) in [6.07, 6.45) is 8.09. The summed E-state index contributed by atoms with van der Waals surface area (Å²) >= 11 is 0. The van der Waals surface area contributed by atoms with Crippen molar-refractivity contribution in [3.05, 3.63) is 22.8 Å². The van der Waals surface area contributed by atoms with E-state index in [0.29, 0.717) is 0 Å². The SMILES string of the molecule is CC1(C)C(C=O)=CC2=C1CCCC2. The first-order chi connectivity index (χ1) is 6.16. The average molecular weight is 176 g/mol. The molecule has 0 fully saturated rings. The molecule has 0 saturated heterocycles. The smallest absolute Gasteiger partial charge is 0.146 e. The number of allylic oxidation sites excluding steroid dienone is 4. The summed E-state index contributed by atoms with van der Waals surface area (Å²) < 4.78 is 0. The molecule has 2 aliphatic carbocycles. The molecule has 0 amide bonds. The van der Waals surface area contributed by atoms with Crippen LogP contribution >= 0.6 is 0 Å². The molecule has 1 heteroatoms. The number of rotatable bonds is 1. The summed E-state index contributed by atoms with van der Waals surface area (Å²) in [4.78, 5) is 10.9. The lowest BCUT2D eigenvalue weighted by Gasteiger charge is -2.27. The van der Waals surface area contributed by atoms with Gasteiger partial charge in [-0.2, -0.15) is 0 Å². The van der Waals surface area contributed by atoms with Gasteiger partial charge in [-0.1, -0.05) is 25.5 Å². The number of hydrogen-bond donors (Lipinski definition) is 0. The Morgan fingerprint density at radius 2 is 2.00 bits per heavy atom. The van der Waals surface area contributed by atoms with Crippen LogP contribution in [0.4, 0.5) is 0 Å². The highest BCUT2D eigenvalue weighted by Crippen LogP contribution is 2.47. The molecule has 0 aromatic carbocycles. The molecule has 0 heterocycles. The molecule has 0 bridgehead atoms. The molecule has 0 aromatic heterocycles. The first-order valence-corrected chi connectivity index (χ1v) is 5.06. The van der Waals surface area contributed by atoms with Crippen molar-refractivity contribution in [1.29, 1.82) is 0 Å². The van der Waals surface area contributed by atoms with E-state index in [1.54, 1.807) is 0 Å². The van der Waals surface area contributed by atoms with Crippen LogP contribution in [-0.2, 0) is 4.79 Å². The fourth-order valence-electron chi connectivity index (χ4n) is 2.53. The van der Waals surface area contributed by atoms with Crippen molar-refractivity contribution in [2.75, 3.05) is 0 Å². The topological polar surface area (TPSA) is 17.1 Å². The van der Waals surface area contributed by atoms with Gasteiger partial charge in [-0.3, -0.25) is 4.79 Å². The molecule has 0 spiro atoms. The summed E-state index contributed by atoms with van der Waals surface area (Å²) in [5, 5.41) is 0. The molecule has 0 aliphatic heterocycles. The maximum Gasteiger partial charge on any atom is 0.146 e. The Hall–Kier alpha value is -0.850. The summed E-state index contributed by atoms with van der Waals surface area (Å²) in [5.74, 6) is 0. The Bertz CT molecular complexity index is 305. The Balaban J connectivity index is 2.41. The standard InChI is InChI=1S/C12H16O/c1-12(2)10(8-13)7-9-5-3-4-6-11(9)12/h7-8H,3-6H2,1-2H3. The van der Waals surface area contributed by atoms with E-state index in [1.807, 2.05) is 0 Å². The van der Waals surface area contributed by atoms with Crippen molar-refractivity contribution < 1.29 is 4.79 Å². The van der Waals surface area contributed by atoms with Crippen LogP contribution in [-0.4, -0.2) is 6.29 Å². The number of aldehydes is 1. The van der Waals surface area contributed by atoms with E-state index >= 15 is 0 Å². The zero-order chi connectivity index (χ0) is 9.47. The third kappa shape index (κ3) is 1.18. The maximum absolute atomic E-state index is 10.9. The van der Waals surface area contributed by atoms with E-state index in [9.17, 15) is 4.79 Å². The fourth-order valence-corrected chi connectivity index (χ4v) is 2.53. The summed E-state index contributed by atoms with van der Waals surface area (Å²) in [6.45, 7) is 4.34. The van der Waals surface area contributed by atoms with E-state index in [2.05, 4.69) is 19.9 Å². The quantitative estimate of drug-likeness (QED) is 0.561. The van der Waals surface area contributed by atoms with Crippen LogP contribution in [0.25, 0.3) is 0 Å². The van der Waals surface area contributed by atoms with Gasteiger partial charge in [0.15, 0.2) is 0 Å².